The van der Waals surface area contributed by atoms with Crippen molar-refractivity contribution in [1.82, 2.24) is 10.2 Å². The summed E-state index contributed by atoms with van der Waals surface area (Å²) in [6.45, 7) is 6.63. The van der Waals surface area contributed by atoms with Crippen LogP contribution in [0.3, 0.4) is 0 Å². The Balaban J connectivity index is 1.96. The van der Waals surface area contributed by atoms with E-state index in [1.54, 1.807) is 0 Å². The second-order valence-corrected chi connectivity index (χ2v) is 6.91. The van der Waals surface area contributed by atoms with Gasteiger partial charge in [0.2, 0.25) is 0 Å². The van der Waals surface area contributed by atoms with E-state index in [-0.39, 0.29) is 0 Å². The topological polar surface area (TPSA) is 15.3 Å². The molecule has 1 heterocycles. The molecule has 0 spiro atoms. The molecule has 0 aliphatic rings. The van der Waals surface area contributed by atoms with E-state index in [9.17, 15) is 0 Å². The minimum absolute atomic E-state index is 0.616. The molecule has 1 aromatic heterocycles. The molecule has 1 atom stereocenters. The van der Waals surface area contributed by atoms with Crippen molar-refractivity contribution in [2.75, 3.05) is 20.6 Å². The number of nitrogens with zero attached hydrogens (tertiary/aromatic N) is 1. The van der Waals surface area contributed by atoms with Crippen molar-refractivity contribution >= 4 is 21.4 Å². The van der Waals surface area contributed by atoms with Crippen molar-refractivity contribution in [2.24, 2.45) is 5.92 Å². The molecule has 0 amide bonds. The average molecular weight is 305 g/mol. The quantitative estimate of drug-likeness (QED) is 0.779. The maximum absolute atomic E-state index is 3.68. The van der Waals surface area contributed by atoms with E-state index in [0.717, 1.165) is 19.0 Å². The van der Waals surface area contributed by atoms with E-state index in [4.69, 9.17) is 0 Å². The fourth-order valence-electron chi connectivity index (χ4n) is 3.13. The number of thiophene rings is 1. The Morgan fingerprint density at radius 2 is 1.86 bits per heavy atom. The standard InChI is InChI=1S/C18H28N2S/c1-5-14(6-2)17(20(3)4)12-19-11-15-13-21-18-10-8-7-9-16(15)18/h7-10,13-14,17,19H,5-6,11-12H2,1-4H3. The lowest BCUT2D eigenvalue weighted by Gasteiger charge is -2.31. The zero-order chi connectivity index (χ0) is 15.2. The van der Waals surface area contributed by atoms with E-state index >= 15 is 0 Å². The van der Waals surface area contributed by atoms with Crippen LogP contribution in [-0.4, -0.2) is 31.6 Å². The van der Waals surface area contributed by atoms with E-state index in [2.05, 4.69) is 67.8 Å². The lowest BCUT2D eigenvalue weighted by molar-refractivity contribution is 0.194. The number of benzene rings is 1. The average Bonchev–Trinajstić information content (AvgIpc) is 2.90. The molecule has 0 aliphatic carbocycles. The molecule has 1 aromatic carbocycles. The normalized spacial score (nSPS) is 13.4. The number of fused-ring (bicyclic) bond motifs is 1. The van der Waals surface area contributed by atoms with E-state index in [0.29, 0.717) is 6.04 Å². The molecular weight excluding hydrogens is 276 g/mol. The molecule has 2 aromatic rings. The van der Waals surface area contributed by atoms with Crippen LogP contribution in [-0.2, 0) is 6.54 Å². The fraction of sp³-hybridized carbons (Fsp3) is 0.556. The second kappa shape index (κ2) is 7.92. The van der Waals surface area contributed by atoms with Gasteiger partial charge in [-0.15, -0.1) is 11.3 Å². The molecule has 0 saturated heterocycles. The van der Waals surface area contributed by atoms with Gasteiger partial charge in [0.1, 0.15) is 0 Å². The van der Waals surface area contributed by atoms with Gasteiger partial charge >= 0.3 is 0 Å². The highest BCUT2D eigenvalue weighted by Gasteiger charge is 2.20. The van der Waals surface area contributed by atoms with Crippen molar-refractivity contribution in [3.63, 3.8) is 0 Å². The third-order valence-electron chi connectivity index (χ3n) is 4.49. The van der Waals surface area contributed by atoms with Gasteiger partial charge in [-0.3, -0.25) is 0 Å². The largest absolute Gasteiger partial charge is 0.311 e. The van der Waals surface area contributed by atoms with E-state index in [1.807, 2.05) is 11.3 Å². The van der Waals surface area contributed by atoms with Crippen LogP contribution in [0.5, 0.6) is 0 Å². The molecule has 2 rings (SSSR count). The van der Waals surface area contributed by atoms with Gasteiger partial charge in [-0.05, 0) is 42.4 Å². The van der Waals surface area contributed by atoms with Gasteiger partial charge in [0.05, 0.1) is 0 Å². The molecule has 3 heteroatoms. The SMILES string of the molecule is CCC(CC)C(CNCc1csc2ccccc12)N(C)C. The van der Waals surface area contributed by atoms with Gasteiger partial charge in [0, 0.05) is 23.8 Å². The number of hydrogen-bond donors (Lipinski definition) is 1. The second-order valence-electron chi connectivity index (χ2n) is 6.00. The summed E-state index contributed by atoms with van der Waals surface area (Å²) in [7, 11) is 4.40. The van der Waals surface area contributed by atoms with Crippen LogP contribution in [0.2, 0.25) is 0 Å². The first-order chi connectivity index (χ1) is 10.2. The monoisotopic (exact) mass is 304 g/mol. The zero-order valence-electron chi connectivity index (χ0n) is 13.7. The maximum Gasteiger partial charge on any atom is 0.0346 e. The first-order valence-electron chi connectivity index (χ1n) is 7.99. The molecule has 116 valence electrons. The molecule has 1 unspecified atom stereocenters. The number of nitrogens with one attached hydrogen (secondary N) is 1. The maximum atomic E-state index is 3.68. The highest BCUT2D eigenvalue weighted by atomic mass is 32.1. The van der Waals surface area contributed by atoms with Crippen molar-refractivity contribution in [2.45, 2.75) is 39.3 Å². The van der Waals surface area contributed by atoms with Crippen LogP contribution < -0.4 is 5.32 Å². The molecule has 21 heavy (non-hydrogen) atoms. The number of hydrogen-bond acceptors (Lipinski definition) is 3. The van der Waals surface area contributed by atoms with Crippen LogP contribution in [0, 0.1) is 5.92 Å². The minimum Gasteiger partial charge on any atom is -0.311 e. The van der Waals surface area contributed by atoms with Gasteiger partial charge in [0.25, 0.3) is 0 Å². The van der Waals surface area contributed by atoms with Crippen LogP contribution in [0.4, 0.5) is 0 Å². The molecule has 0 saturated carbocycles. The van der Waals surface area contributed by atoms with Gasteiger partial charge in [-0.2, -0.15) is 0 Å². The lowest BCUT2D eigenvalue weighted by Crippen LogP contribution is -2.42. The molecule has 1 N–H and O–H groups in total. The Kier molecular flexibility index (Phi) is 6.22. The summed E-state index contributed by atoms with van der Waals surface area (Å²) in [6, 6.07) is 9.30. The third-order valence-corrected chi connectivity index (χ3v) is 5.50. The Morgan fingerprint density at radius 1 is 1.14 bits per heavy atom. The minimum atomic E-state index is 0.616. The van der Waals surface area contributed by atoms with Crippen LogP contribution in [0.1, 0.15) is 32.3 Å². The predicted molar refractivity (Wildman–Crippen MR) is 95.1 cm³/mol. The Hall–Kier alpha value is -0.900. The van der Waals surface area contributed by atoms with Crippen molar-refractivity contribution in [1.29, 1.82) is 0 Å². The van der Waals surface area contributed by atoms with Gasteiger partial charge < -0.3 is 10.2 Å². The fourth-order valence-corrected chi connectivity index (χ4v) is 4.09. The van der Waals surface area contributed by atoms with Crippen LogP contribution in [0.15, 0.2) is 29.6 Å². The Bertz CT molecular complexity index is 543. The molecular formula is C18H28N2S. The van der Waals surface area contributed by atoms with Crippen molar-refractivity contribution in [3.8, 4) is 0 Å². The van der Waals surface area contributed by atoms with Gasteiger partial charge in [-0.1, -0.05) is 44.9 Å². The third kappa shape index (κ3) is 4.06. The van der Waals surface area contributed by atoms with Crippen LogP contribution >= 0.6 is 11.3 Å². The summed E-state index contributed by atoms with van der Waals surface area (Å²) < 4.78 is 1.39. The molecule has 0 radical (unpaired) electrons. The summed E-state index contributed by atoms with van der Waals surface area (Å²) in [4.78, 5) is 2.37. The van der Waals surface area contributed by atoms with Crippen molar-refractivity contribution < 1.29 is 0 Å². The smallest absolute Gasteiger partial charge is 0.0346 e. The number of likely N-dealkylation sites (N-methyl/N-ethyl adjacent to an activating group) is 1. The van der Waals surface area contributed by atoms with Crippen molar-refractivity contribution in [3.05, 3.63) is 35.2 Å². The Morgan fingerprint density at radius 3 is 2.52 bits per heavy atom. The molecule has 0 bridgehead atoms. The van der Waals surface area contributed by atoms with E-state index < -0.39 is 0 Å². The number of rotatable bonds is 8. The zero-order valence-corrected chi connectivity index (χ0v) is 14.5. The Labute approximate surface area is 133 Å². The van der Waals surface area contributed by atoms with Crippen LogP contribution in [0.25, 0.3) is 10.1 Å². The molecule has 0 aliphatic heterocycles. The summed E-state index contributed by atoms with van der Waals surface area (Å²) in [5.41, 5.74) is 1.43. The summed E-state index contributed by atoms with van der Waals surface area (Å²) in [5.74, 6) is 0.770. The van der Waals surface area contributed by atoms with E-state index in [1.165, 1.54) is 28.5 Å². The van der Waals surface area contributed by atoms with Gasteiger partial charge in [0.15, 0.2) is 0 Å². The summed E-state index contributed by atoms with van der Waals surface area (Å²) >= 11 is 1.84. The summed E-state index contributed by atoms with van der Waals surface area (Å²) in [5, 5.41) is 7.37. The molecule has 2 nitrogen and oxygen atoms in total. The predicted octanol–water partition coefficient (Wildman–Crippen LogP) is 4.36. The highest BCUT2D eigenvalue weighted by Crippen LogP contribution is 2.25. The summed E-state index contributed by atoms with van der Waals surface area (Å²) in [6.07, 6.45) is 2.50. The first-order valence-corrected chi connectivity index (χ1v) is 8.87. The molecule has 0 fully saturated rings. The highest BCUT2D eigenvalue weighted by molar-refractivity contribution is 7.17. The first kappa shape index (κ1) is 16.5. The van der Waals surface area contributed by atoms with Gasteiger partial charge in [-0.25, -0.2) is 0 Å². The lowest BCUT2D eigenvalue weighted by atomic mass is 9.93.